The Morgan fingerprint density at radius 1 is 1.25 bits per heavy atom. The van der Waals surface area contributed by atoms with Gasteiger partial charge in [-0.3, -0.25) is 9.59 Å². The number of amides is 1. The molecule has 1 amide bonds. The summed E-state index contributed by atoms with van der Waals surface area (Å²) < 4.78 is 10.9. The number of carbonyl (C=O) groups excluding carboxylic acids is 2. The number of carbonyl (C=O) groups is 2. The van der Waals surface area contributed by atoms with Crippen LogP contribution in [-0.2, 0) is 9.53 Å². The van der Waals surface area contributed by atoms with Crippen molar-refractivity contribution in [1.82, 2.24) is 9.88 Å². The molecule has 1 unspecified atom stereocenters. The third-order valence-corrected chi connectivity index (χ3v) is 5.94. The third-order valence-electron chi connectivity index (χ3n) is 5.70. The Morgan fingerprint density at radius 2 is 2.06 bits per heavy atom. The summed E-state index contributed by atoms with van der Waals surface area (Å²) in [6.45, 7) is 0.457. The second-order valence-corrected chi connectivity index (χ2v) is 8.00. The molecule has 1 aliphatic rings. The first-order chi connectivity index (χ1) is 15.5. The van der Waals surface area contributed by atoms with Gasteiger partial charge in [0.1, 0.15) is 5.58 Å². The number of aliphatic hydroxyl groups excluding tert-OH is 1. The number of rotatable bonds is 6. The van der Waals surface area contributed by atoms with Gasteiger partial charge in [0.25, 0.3) is 5.91 Å². The third kappa shape index (κ3) is 3.18. The number of methoxy groups -OCH3 is 1. The van der Waals surface area contributed by atoms with Crippen LogP contribution in [0.2, 0.25) is 5.02 Å². The van der Waals surface area contributed by atoms with Gasteiger partial charge in [-0.25, -0.2) is 0 Å². The van der Waals surface area contributed by atoms with Gasteiger partial charge in [0.05, 0.1) is 18.2 Å². The summed E-state index contributed by atoms with van der Waals surface area (Å²) in [6.07, 6.45) is 1.76. The van der Waals surface area contributed by atoms with Crippen molar-refractivity contribution in [2.75, 3.05) is 20.3 Å². The molecule has 162 valence electrons. The second-order valence-electron chi connectivity index (χ2n) is 7.57. The van der Waals surface area contributed by atoms with Gasteiger partial charge >= 0.3 is 0 Å². The van der Waals surface area contributed by atoms with Gasteiger partial charge < -0.3 is 24.1 Å². The summed E-state index contributed by atoms with van der Waals surface area (Å²) in [6, 6.07) is 13.4. The summed E-state index contributed by atoms with van der Waals surface area (Å²) >= 11 is 6.05. The number of Topliss-reactive ketones (excluding diaryl/α,β-unsaturated/α-hetero) is 1. The molecule has 32 heavy (non-hydrogen) atoms. The van der Waals surface area contributed by atoms with Gasteiger partial charge in [-0.2, -0.15) is 0 Å². The predicted octanol–water partition coefficient (Wildman–Crippen LogP) is 4.79. The molecule has 8 heteroatoms. The lowest BCUT2D eigenvalue weighted by molar-refractivity contribution is -0.130. The number of ketones is 1. The smallest absolute Gasteiger partial charge is 0.290 e. The SMILES string of the molecule is COCCN1C(=O)C(O)=C(C(=O)c2cc3cc(Cl)ccc3o2)C1c1c[nH]c2ccccc12. The molecule has 0 saturated carbocycles. The minimum Gasteiger partial charge on any atom is -0.503 e. The fourth-order valence-electron chi connectivity index (χ4n) is 4.21. The molecule has 0 radical (unpaired) electrons. The number of aromatic amines is 1. The van der Waals surface area contributed by atoms with Crippen LogP contribution in [0.5, 0.6) is 0 Å². The zero-order valence-corrected chi connectivity index (χ0v) is 17.8. The van der Waals surface area contributed by atoms with Crippen molar-refractivity contribution in [3.05, 3.63) is 82.4 Å². The maximum atomic E-state index is 13.6. The zero-order valence-electron chi connectivity index (χ0n) is 17.1. The molecular weight excluding hydrogens is 432 g/mol. The van der Waals surface area contributed by atoms with Crippen LogP contribution in [-0.4, -0.2) is 46.9 Å². The fourth-order valence-corrected chi connectivity index (χ4v) is 4.39. The number of hydrogen-bond acceptors (Lipinski definition) is 5. The molecule has 1 aliphatic heterocycles. The Balaban J connectivity index is 1.64. The number of hydrogen-bond donors (Lipinski definition) is 2. The van der Waals surface area contributed by atoms with Crippen LogP contribution < -0.4 is 0 Å². The van der Waals surface area contributed by atoms with Crippen molar-refractivity contribution < 1.29 is 23.8 Å². The number of benzene rings is 2. The number of H-pyrrole nitrogens is 1. The molecule has 2 N–H and O–H groups in total. The number of aliphatic hydroxyl groups is 1. The van der Waals surface area contributed by atoms with Crippen LogP contribution in [0.15, 0.2) is 70.5 Å². The van der Waals surface area contributed by atoms with Crippen molar-refractivity contribution >= 4 is 45.2 Å². The number of ether oxygens (including phenoxy) is 1. The van der Waals surface area contributed by atoms with Gasteiger partial charge in [-0.15, -0.1) is 0 Å². The molecule has 3 heterocycles. The minimum absolute atomic E-state index is 0.0232. The molecule has 4 aromatic rings. The Morgan fingerprint density at radius 3 is 2.88 bits per heavy atom. The average Bonchev–Trinajstić information content (AvgIpc) is 3.47. The van der Waals surface area contributed by atoms with Crippen LogP contribution in [0, 0.1) is 0 Å². The molecule has 0 aliphatic carbocycles. The van der Waals surface area contributed by atoms with Crippen molar-refractivity contribution in [2.24, 2.45) is 0 Å². The van der Waals surface area contributed by atoms with Gasteiger partial charge in [0.2, 0.25) is 5.78 Å². The van der Waals surface area contributed by atoms with Gasteiger partial charge in [-0.05, 0) is 30.3 Å². The number of aromatic nitrogens is 1. The lowest BCUT2D eigenvalue weighted by atomic mass is 9.94. The largest absolute Gasteiger partial charge is 0.503 e. The number of furan rings is 1. The van der Waals surface area contributed by atoms with Crippen LogP contribution in [0.3, 0.4) is 0 Å². The Kier molecular flexibility index (Phi) is 5.00. The Labute approximate surface area is 187 Å². The molecule has 7 nitrogen and oxygen atoms in total. The molecule has 1 atom stereocenters. The van der Waals surface area contributed by atoms with E-state index in [4.69, 9.17) is 20.8 Å². The summed E-state index contributed by atoms with van der Waals surface area (Å²) in [4.78, 5) is 31.1. The first-order valence-electron chi connectivity index (χ1n) is 10.0. The van der Waals surface area contributed by atoms with Gasteiger partial charge in [0, 0.05) is 46.7 Å². The van der Waals surface area contributed by atoms with E-state index in [1.54, 1.807) is 30.5 Å². The number of nitrogens with one attached hydrogen (secondary N) is 1. The highest BCUT2D eigenvalue weighted by Gasteiger charge is 2.45. The lowest BCUT2D eigenvalue weighted by Crippen LogP contribution is -2.33. The van der Waals surface area contributed by atoms with Crippen LogP contribution >= 0.6 is 11.6 Å². The maximum Gasteiger partial charge on any atom is 0.290 e. The zero-order chi connectivity index (χ0) is 22.4. The number of halogens is 1. The molecule has 0 fully saturated rings. The topological polar surface area (TPSA) is 95.8 Å². The first kappa shape index (κ1) is 20.4. The summed E-state index contributed by atoms with van der Waals surface area (Å²) in [5.41, 5.74) is 2.03. The van der Waals surface area contributed by atoms with E-state index in [2.05, 4.69) is 4.98 Å². The van der Waals surface area contributed by atoms with Crippen molar-refractivity contribution in [3.63, 3.8) is 0 Å². The molecule has 2 aromatic carbocycles. The highest BCUT2D eigenvalue weighted by Crippen LogP contribution is 2.42. The van der Waals surface area contributed by atoms with E-state index >= 15 is 0 Å². The quantitative estimate of drug-likeness (QED) is 0.412. The maximum absolute atomic E-state index is 13.6. The Hall–Kier alpha value is -3.55. The monoisotopic (exact) mass is 450 g/mol. The number of para-hydroxylation sites is 1. The van der Waals surface area contributed by atoms with Gasteiger partial charge in [-0.1, -0.05) is 29.8 Å². The average molecular weight is 451 g/mol. The fraction of sp³-hybridized carbons (Fsp3) is 0.167. The highest BCUT2D eigenvalue weighted by molar-refractivity contribution is 6.31. The van der Waals surface area contributed by atoms with Crippen molar-refractivity contribution in [3.8, 4) is 0 Å². The minimum atomic E-state index is -0.793. The molecule has 0 bridgehead atoms. The number of nitrogens with zero attached hydrogens (tertiary/aromatic N) is 1. The summed E-state index contributed by atoms with van der Waals surface area (Å²) in [5.74, 6) is -1.74. The lowest BCUT2D eigenvalue weighted by Gasteiger charge is -2.25. The van der Waals surface area contributed by atoms with Crippen molar-refractivity contribution in [2.45, 2.75) is 6.04 Å². The van der Waals surface area contributed by atoms with E-state index in [0.717, 1.165) is 10.9 Å². The van der Waals surface area contributed by atoms with E-state index in [1.807, 2.05) is 24.3 Å². The Bertz CT molecular complexity index is 1400. The van der Waals surface area contributed by atoms with E-state index in [1.165, 1.54) is 12.0 Å². The van der Waals surface area contributed by atoms with E-state index < -0.39 is 23.5 Å². The molecule has 0 saturated heterocycles. The second kappa shape index (κ2) is 7.85. The molecular formula is C24H19ClN2O5. The van der Waals surface area contributed by atoms with E-state index in [-0.39, 0.29) is 24.5 Å². The van der Waals surface area contributed by atoms with E-state index in [0.29, 0.717) is 21.6 Å². The van der Waals surface area contributed by atoms with Gasteiger partial charge in [0.15, 0.2) is 11.5 Å². The molecule has 2 aromatic heterocycles. The molecule has 0 spiro atoms. The normalized spacial score (nSPS) is 16.6. The predicted molar refractivity (Wildman–Crippen MR) is 120 cm³/mol. The van der Waals surface area contributed by atoms with Crippen LogP contribution in [0.4, 0.5) is 0 Å². The van der Waals surface area contributed by atoms with Crippen molar-refractivity contribution in [1.29, 1.82) is 0 Å². The summed E-state index contributed by atoms with van der Waals surface area (Å²) in [5, 5.41) is 12.8. The summed E-state index contributed by atoms with van der Waals surface area (Å²) in [7, 11) is 1.53. The highest BCUT2D eigenvalue weighted by atomic mass is 35.5. The van der Waals surface area contributed by atoms with E-state index in [9.17, 15) is 14.7 Å². The number of fused-ring (bicyclic) bond motifs is 2. The van der Waals surface area contributed by atoms with Crippen LogP contribution in [0.1, 0.15) is 22.2 Å². The first-order valence-corrected chi connectivity index (χ1v) is 10.4. The van der Waals surface area contributed by atoms with Crippen LogP contribution in [0.25, 0.3) is 21.9 Å². The standard InChI is InChI=1S/C24H19ClN2O5/c1-31-9-8-27-21(16-12-26-17-5-3-2-4-15(16)17)20(23(29)24(27)30)22(28)19-11-13-10-14(25)6-7-18(13)32-19/h2-7,10-12,21,26,29H,8-9H2,1H3. The molecule has 5 rings (SSSR count).